The van der Waals surface area contributed by atoms with Gasteiger partial charge in [0.05, 0.1) is 0 Å². The molecule has 0 atom stereocenters. The van der Waals surface area contributed by atoms with Crippen LogP contribution in [-0.2, 0) is 0 Å². The van der Waals surface area contributed by atoms with Crippen molar-refractivity contribution in [2.45, 2.75) is 0 Å². The average Bonchev–Trinajstić information content (AvgIpc) is 2.05. The van der Waals surface area contributed by atoms with Gasteiger partial charge in [0.15, 0.2) is 4.98 Å². The van der Waals surface area contributed by atoms with E-state index in [2.05, 4.69) is 9.96 Å². The van der Waals surface area contributed by atoms with Crippen molar-refractivity contribution >= 4 is 11.5 Å². The van der Waals surface area contributed by atoms with E-state index in [9.17, 15) is 0 Å². The summed E-state index contributed by atoms with van der Waals surface area (Å²) in [7, 11) is 3.80. The van der Waals surface area contributed by atoms with Gasteiger partial charge >= 0.3 is 5.69 Å². The van der Waals surface area contributed by atoms with Crippen LogP contribution in [0.1, 0.15) is 0 Å². The number of aromatic nitrogens is 1. The summed E-state index contributed by atoms with van der Waals surface area (Å²) in [4.78, 5) is 8.89. The van der Waals surface area contributed by atoms with Crippen LogP contribution in [-0.4, -0.2) is 19.1 Å². The number of diazo groups is 1. The third-order valence-corrected chi connectivity index (χ3v) is 1.31. The van der Waals surface area contributed by atoms with E-state index in [4.69, 9.17) is 5.39 Å². The van der Waals surface area contributed by atoms with E-state index in [1.165, 1.54) is 6.20 Å². The zero-order valence-corrected chi connectivity index (χ0v) is 7.65. The van der Waals surface area contributed by atoms with Gasteiger partial charge in [-0.05, 0) is 6.07 Å². The van der Waals surface area contributed by atoms with Crippen molar-refractivity contribution in [1.82, 2.24) is 4.98 Å². The highest BCUT2D eigenvalue weighted by Gasteiger charge is 2.04. The Bertz CT molecular complexity index is 274. The number of rotatable bonds is 1. The maximum absolute atomic E-state index is 8.34. The molecule has 0 amide bonds. The van der Waals surface area contributed by atoms with E-state index < -0.39 is 0 Å². The zero-order chi connectivity index (χ0) is 8.27. The van der Waals surface area contributed by atoms with Crippen LogP contribution in [0.2, 0.25) is 0 Å². The molecule has 0 aliphatic rings. The van der Waals surface area contributed by atoms with Gasteiger partial charge in [-0.25, -0.2) is 4.98 Å². The standard InChI is InChI=1S/C7H9N4.ClH/c1-11(2)7-4-3-6(10-8)5-9-7;/h3-5H,1-2H3;1H/q+1;/p-1. The largest absolute Gasteiger partial charge is 1.00 e. The lowest BCUT2D eigenvalue weighted by atomic mass is 10.4. The summed E-state index contributed by atoms with van der Waals surface area (Å²) in [6.45, 7) is 0. The van der Waals surface area contributed by atoms with Crippen molar-refractivity contribution in [2.75, 3.05) is 19.0 Å². The Morgan fingerprint density at radius 2 is 2.08 bits per heavy atom. The maximum Gasteiger partial charge on any atom is 0.403 e. The first-order chi connectivity index (χ1) is 5.24. The second-order valence-corrected chi connectivity index (χ2v) is 2.37. The summed E-state index contributed by atoms with van der Waals surface area (Å²) in [5.41, 5.74) is 0.468. The average molecular weight is 185 g/mol. The second kappa shape index (κ2) is 4.52. The Hall–Kier alpha value is -1.34. The minimum atomic E-state index is 0. The predicted octanol–water partition coefficient (Wildman–Crippen LogP) is -1.36. The highest BCUT2D eigenvalue weighted by molar-refractivity contribution is 5.47. The molecule has 0 saturated carbocycles. The second-order valence-electron chi connectivity index (χ2n) is 2.37. The molecule has 64 valence electrons. The van der Waals surface area contributed by atoms with E-state index in [1.807, 2.05) is 19.0 Å². The lowest BCUT2D eigenvalue weighted by molar-refractivity contribution is -0.00000263. The smallest absolute Gasteiger partial charge is 0.403 e. The van der Waals surface area contributed by atoms with Gasteiger partial charge in [-0.1, -0.05) is 0 Å². The fraction of sp³-hybridized carbons (Fsp3) is 0.286. The Kier molecular flexibility index (Phi) is 4.02. The summed E-state index contributed by atoms with van der Waals surface area (Å²) in [5.74, 6) is 0.845. The van der Waals surface area contributed by atoms with Crippen molar-refractivity contribution in [2.24, 2.45) is 0 Å². The van der Waals surface area contributed by atoms with Crippen LogP contribution < -0.4 is 17.3 Å². The molecule has 1 aromatic rings. The number of pyridine rings is 1. The van der Waals surface area contributed by atoms with Crippen LogP contribution in [0.25, 0.3) is 4.98 Å². The molecular weight excluding hydrogens is 176 g/mol. The SMILES string of the molecule is CN(C)c1ccc([N+]#N)cn1.[Cl-]. The molecular formula is C7H9ClN4. The van der Waals surface area contributed by atoms with Gasteiger partial charge in [0.1, 0.15) is 12.0 Å². The molecule has 1 rings (SSSR count). The van der Waals surface area contributed by atoms with Crippen LogP contribution in [0.3, 0.4) is 0 Å². The first kappa shape index (κ1) is 10.7. The molecule has 0 N–H and O–H groups in total. The topological polar surface area (TPSA) is 44.3 Å². The van der Waals surface area contributed by atoms with E-state index in [1.54, 1.807) is 12.1 Å². The normalized spacial score (nSPS) is 8.08. The maximum atomic E-state index is 8.34. The van der Waals surface area contributed by atoms with Crippen LogP contribution in [0.15, 0.2) is 18.3 Å². The molecule has 0 radical (unpaired) electrons. The zero-order valence-electron chi connectivity index (χ0n) is 6.90. The molecule has 0 aromatic carbocycles. The number of halogens is 1. The molecule has 0 fully saturated rings. The molecule has 5 heteroatoms. The molecule has 0 unspecified atom stereocenters. The van der Waals surface area contributed by atoms with Crippen LogP contribution in [0.5, 0.6) is 0 Å². The first-order valence-electron chi connectivity index (χ1n) is 3.22. The summed E-state index contributed by atoms with van der Waals surface area (Å²) < 4.78 is 0. The lowest BCUT2D eigenvalue weighted by Gasteiger charge is -2.08. The van der Waals surface area contributed by atoms with Crippen molar-refractivity contribution in [3.05, 3.63) is 23.3 Å². The molecule has 4 nitrogen and oxygen atoms in total. The van der Waals surface area contributed by atoms with E-state index in [0.29, 0.717) is 5.69 Å². The summed E-state index contributed by atoms with van der Waals surface area (Å²) in [5, 5.41) is 8.34. The Morgan fingerprint density at radius 1 is 1.42 bits per heavy atom. The van der Waals surface area contributed by atoms with Crippen LogP contribution >= 0.6 is 0 Å². The van der Waals surface area contributed by atoms with Gasteiger partial charge in [0.2, 0.25) is 5.39 Å². The van der Waals surface area contributed by atoms with Gasteiger partial charge in [0, 0.05) is 20.2 Å². The van der Waals surface area contributed by atoms with E-state index >= 15 is 0 Å². The number of hydrogen-bond donors (Lipinski definition) is 0. The minimum Gasteiger partial charge on any atom is -1.00 e. The Morgan fingerprint density at radius 3 is 2.42 bits per heavy atom. The van der Waals surface area contributed by atoms with Gasteiger partial charge in [0.25, 0.3) is 0 Å². The van der Waals surface area contributed by atoms with Gasteiger partial charge < -0.3 is 17.3 Å². The Balaban J connectivity index is 0.00000121. The minimum absolute atomic E-state index is 0. The van der Waals surface area contributed by atoms with Gasteiger partial charge in [-0.3, -0.25) is 0 Å². The third kappa shape index (κ3) is 2.36. The number of anilines is 1. The molecule has 0 saturated heterocycles. The monoisotopic (exact) mass is 184 g/mol. The van der Waals surface area contributed by atoms with Crippen LogP contribution in [0, 0.1) is 5.39 Å². The van der Waals surface area contributed by atoms with Crippen molar-refractivity contribution in [1.29, 1.82) is 5.39 Å². The van der Waals surface area contributed by atoms with Crippen LogP contribution in [0.4, 0.5) is 11.5 Å². The molecule has 0 aliphatic heterocycles. The first-order valence-corrected chi connectivity index (χ1v) is 3.22. The molecule has 12 heavy (non-hydrogen) atoms. The van der Waals surface area contributed by atoms with Crippen molar-refractivity contribution < 1.29 is 12.4 Å². The summed E-state index contributed by atoms with van der Waals surface area (Å²) >= 11 is 0. The Labute approximate surface area is 77.3 Å². The quantitative estimate of drug-likeness (QED) is 0.507. The van der Waals surface area contributed by atoms with Crippen molar-refractivity contribution in [3.63, 3.8) is 0 Å². The number of hydrogen-bond acceptors (Lipinski definition) is 3. The highest BCUT2D eigenvalue weighted by Crippen LogP contribution is 2.13. The molecule has 0 aliphatic carbocycles. The molecule has 1 heterocycles. The predicted molar refractivity (Wildman–Crippen MR) is 43.3 cm³/mol. The fourth-order valence-electron chi connectivity index (χ4n) is 0.702. The van der Waals surface area contributed by atoms with Gasteiger partial charge in [-0.15, -0.1) is 0 Å². The molecule has 0 spiro atoms. The van der Waals surface area contributed by atoms with E-state index in [-0.39, 0.29) is 12.4 Å². The van der Waals surface area contributed by atoms with Crippen molar-refractivity contribution in [3.8, 4) is 0 Å². The molecule has 1 aromatic heterocycles. The van der Waals surface area contributed by atoms with E-state index in [0.717, 1.165) is 5.82 Å². The highest BCUT2D eigenvalue weighted by atomic mass is 35.5. The number of nitrogens with zero attached hydrogens (tertiary/aromatic N) is 4. The summed E-state index contributed by atoms with van der Waals surface area (Å²) in [6, 6.07) is 3.48. The lowest BCUT2D eigenvalue weighted by Crippen LogP contribution is -3.00. The summed E-state index contributed by atoms with van der Waals surface area (Å²) in [6.07, 6.45) is 1.51. The van der Waals surface area contributed by atoms with Gasteiger partial charge in [-0.2, -0.15) is 0 Å². The third-order valence-electron chi connectivity index (χ3n) is 1.31. The fourth-order valence-corrected chi connectivity index (χ4v) is 0.702. The molecule has 0 bridgehead atoms.